The lowest BCUT2D eigenvalue weighted by Crippen LogP contribution is -2.46. The van der Waals surface area contributed by atoms with Gasteiger partial charge in [0.25, 0.3) is 0 Å². The third-order valence-corrected chi connectivity index (χ3v) is 7.81. The summed E-state index contributed by atoms with van der Waals surface area (Å²) >= 11 is 5.27. The SMILES string of the molecule is CN1CCN(S(=O)(=O)c2ccc(NC(=S)NC(=O)Cc3cccc4ccccc34)cc2)CC1. The van der Waals surface area contributed by atoms with Crippen LogP contribution < -0.4 is 10.6 Å². The number of nitrogens with zero attached hydrogens (tertiary/aromatic N) is 2. The molecule has 33 heavy (non-hydrogen) atoms. The van der Waals surface area contributed by atoms with Crippen molar-refractivity contribution in [1.29, 1.82) is 0 Å². The molecule has 0 aromatic heterocycles. The first kappa shape index (κ1) is 23.3. The number of benzene rings is 3. The molecule has 0 unspecified atom stereocenters. The second kappa shape index (κ2) is 9.96. The number of amides is 1. The van der Waals surface area contributed by atoms with Gasteiger partial charge in [0.1, 0.15) is 0 Å². The number of likely N-dealkylation sites (N-methyl/N-ethyl adjacent to an activating group) is 1. The Labute approximate surface area is 199 Å². The molecule has 2 N–H and O–H groups in total. The van der Waals surface area contributed by atoms with E-state index in [-0.39, 0.29) is 22.3 Å². The molecule has 0 aliphatic carbocycles. The van der Waals surface area contributed by atoms with Crippen molar-refractivity contribution in [2.45, 2.75) is 11.3 Å². The fourth-order valence-electron chi connectivity index (χ4n) is 3.84. The van der Waals surface area contributed by atoms with Crippen LogP contribution in [0, 0.1) is 0 Å². The van der Waals surface area contributed by atoms with Gasteiger partial charge in [-0.2, -0.15) is 4.31 Å². The molecule has 1 fully saturated rings. The molecule has 172 valence electrons. The Morgan fingerprint density at radius 1 is 0.939 bits per heavy atom. The summed E-state index contributed by atoms with van der Waals surface area (Å²) in [7, 11) is -1.55. The van der Waals surface area contributed by atoms with Crippen LogP contribution in [0.2, 0.25) is 0 Å². The van der Waals surface area contributed by atoms with Crippen molar-refractivity contribution in [2.24, 2.45) is 0 Å². The zero-order valence-electron chi connectivity index (χ0n) is 18.3. The second-order valence-electron chi connectivity index (χ2n) is 8.05. The fraction of sp³-hybridized carbons (Fsp3) is 0.250. The number of piperazine rings is 1. The monoisotopic (exact) mass is 482 g/mol. The number of hydrogen-bond acceptors (Lipinski definition) is 5. The summed E-state index contributed by atoms with van der Waals surface area (Å²) in [5.74, 6) is -0.224. The van der Waals surface area contributed by atoms with E-state index in [9.17, 15) is 13.2 Å². The van der Waals surface area contributed by atoms with Gasteiger partial charge in [-0.15, -0.1) is 0 Å². The molecule has 0 spiro atoms. The molecule has 0 bridgehead atoms. The summed E-state index contributed by atoms with van der Waals surface area (Å²) in [6.45, 7) is 2.38. The Bertz CT molecular complexity index is 1260. The Morgan fingerprint density at radius 3 is 2.33 bits per heavy atom. The van der Waals surface area contributed by atoms with E-state index < -0.39 is 10.0 Å². The van der Waals surface area contributed by atoms with E-state index in [2.05, 4.69) is 15.5 Å². The highest BCUT2D eigenvalue weighted by atomic mass is 32.2. The van der Waals surface area contributed by atoms with Gasteiger partial charge < -0.3 is 15.5 Å². The fourth-order valence-corrected chi connectivity index (χ4v) is 5.49. The number of rotatable bonds is 5. The van der Waals surface area contributed by atoms with Crippen molar-refractivity contribution in [3.8, 4) is 0 Å². The molecule has 1 saturated heterocycles. The van der Waals surface area contributed by atoms with Crippen molar-refractivity contribution in [2.75, 3.05) is 38.5 Å². The Kier molecular flexibility index (Phi) is 7.04. The van der Waals surface area contributed by atoms with Gasteiger partial charge in [-0.05, 0) is 59.9 Å². The molecule has 1 aliphatic rings. The molecule has 3 aromatic rings. The standard InChI is InChI=1S/C24H26N4O3S2/c1-27-13-15-28(16-14-27)33(30,31)21-11-9-20(10-12-21)25-24(32)26-23(29)17-19-7-4-6-18-5-2-3-8-22(18)19/h2-12H,13-17H2,1H3,(H2,25,26,29,32). The highest BCUT2D eigenvalue weighted by molar-refractivity contribution is 7.89. The molecule has 1 aliphatic heterocycles. The average molecular weight is 483 g/mol. The van der Waals surface area contributed by atoms with Crippen molar-refractivity contribution in [3.05, 3.63) is 72.3 Å². The van der Waals surface area contributed by atoms with E-state index in [1.165, 1.54) is 4.31 Å². The largest absolute Gasteiger partial charge is 0.332 e. The molecule has 0 radical (unpaired) electrons. The maximum absolute atomic E-state index is 12.8. The lowest BCUT2D eigenvalue weighted by molar-refractivity contribution is -0.119. The van der Waals surface area contributed by atoms with E-state index in [1.54, 1.807) is 24.3 Å². The average Bonchev–Trinajstić information content (AvgIpc) is 2.80. The second-order valence-corrected chi connectivity index (χ2v) is 10.4. The topological polar surface area (TPSA) is 81.8 Å². The minimum absolute atomic E-state index is 0.162. The normalized spacial score (nSPS) is 15.3. The van der Waals surface area contributed by atoms with Crippen LogP contribution in [0.1, 0.15) is 5.56 Å². The third kappa shape index (κ3) is 5.56. The van der Waals surface area contributed by atoms with Gasteiger partial charge in [0.2, 0.25) is 15.9 Å². The van der Waals surface area contributed by atoms with Crippen LogP contribution in [-0.4, -0.2) is 61.9 Å². The van der Waals surface area contributed by atoms with E-state index >= 15 is 0 Å². The molecule has 7 nitrogen and oxygen atoms in total. The molecule has 9 heteroatoms. The lowest BCUT2D eigenvalue weighted by Gasteiger charge is -2.31. The molecule has 4 rings (SSSR count). The van der Waals surface area contributed by atoms with Crippen molar-refractivity contribution in [1.82, 2.24) is 14.5 Å². The summed E-state index contributed by atoms with van der Waals surface area (Å²) < 4.78 is 27.2. The summed E-state index contributed by atoms with van der Waals surface area (Å²) in [6.07, 6.45) is 0.200. The van der Waals surface area contributed by atoms with Crippen molar-refractivity contribution < 1.29 is 13.2 Å². The molecule has 1 heterocycles. The maximum atomic E-state index is 12.8. The van der Waals surface area contributed by atoms with Crippen LogP contribution in [0.3, 0.4) is 0 Å². The zero-order valence-corrected chi connectivity index (χ0v) is 20.0. The van der Waals surface area contributed by atoms with Crippen molar-refractivity contribution >= 4 is 49.7 Å². The molecule has 0 atom stereocenters. The van der Waals surface area contributed by atoms with Crippen LogP contribution in [0.5, 0.6) is 0 Å². The number of anilines is 1. The number of hydrogen-bond donors (Lipinski definition) is 2. The minimum atomic E-state index is -3.53. The van der Waals surface area contributed by atoms with Gasteiger partial charge in [-0.25, -0.2) is 8.42 Å². The van der Waals surface area contributed by atoms with E-state index in [1.807, 2.05) is 49.5 Å². The van der Waals surface area contributed by atoms with E-state index in [4.69, 9.17) is 12.2 Å². The van der Waals surface area contributed by atoms with Crippen LogP contribution in [0.4, 0.5) is 5.69 Å². The highest BCUT2D eigenvalue weighted by Gasteiger charge is 2.27. The quantitative estimate of drug-likeness (QED) is 0.545. The predicted octanol–water partition coefficient (Wildman–Crippen LogP) is 2.83. The Morgan fingerprint density at radius 2 is 1.61 bits per heavy atom. The van der Waals surface area contributed by atoms with Crippen LogP contribution in [0.25, 0.3) is 10.8 Å². The van der Waals surface area contributed by atoms with E-state index in [0.29, 0.717) is 31.9 Å². The molecular weight excluding hydrogens is 456 g/mol. The number of fused-ring (bicyclic) bond motifs is 1. The first-order chi connectivity index (χ1) is 15.8. The van der Waals surface area contributed by atoms with Gasteiger partial charge in [0.15, 0.2) is 5.11 Å². The van der Waals surface area contributed by atoms with Gasteiger partial charge >= 0.3 is 0 Å². The number of nitrogens with one attached hydrogen (secondary N) is 2. The predicted molar refractivity (Wildman–Crippen MR) is 135 cm³/mol. The minimum Gasteiger partial charge on any atom is -0.332 e. The Hall–Kier alpha value is -2.85. The summed E-state index contributed by atoms with van der Waals surface area (Å²) in [5, 5.41) is 7.91. The maximum Gasteiger partial charge on any atom is 0.243 e. The van der Waals surface area contributed by atoms with Gasteiger partial charge in [0, 0.05) is 31.9 Å². The van der Waals surface area contributed by atoms with Gasteiger partial charge in [0.05, 0.1) is 11.3 Å². The first-order valence-corrected chi connectivity index (χ1v) is 12.5. The van der Waals surface area contributed by atoms with Crippen molar-refractivity contribution in [3.63, 3.8) is 0 Å². The first-order valence-electron chi connectivity index (χ1n) is 10.7. The van der Waals surface area contributed by atoms with Crippen LogP contribution >= 0.6 is 12.2 Å². The zero-order chi connectivity index (χ0) is 23.4. The molecular formula is C24H26N4O3S2. The summed E-state index contributed by atoms with van der Waals surface area (Å²) in [4.78, 5) is 14.9. The Balaban J connectivity index is 1.35. The third-order valence-electron chi connectivity index (χ3n) is 5.70. The van der Waals surface area contributed by atoms with Gasteiger partial charge in [-0.3, -0.25) is 4.79 Å². The highest BCUT2D eigenvalue weighted by Crippen LogP contribution is 2.20. The number of carbonyl (C=O) groups is 1. The van der Waals surface area contributed by atoms with E-state index in [0.717, 1.165) is 16.3 Å². The molecule has 1 amide bonds. The molecule has 3 aromatic carbocycles. The van der Waals surface area contributed by atoms with Gasteiger partial charge in [-0.1, -0.05) is 42.5 Å². The van der Waals surface area contributed by atoms with Crippen LogP contribution in [0.15, 0.2) is 71.6 Å². The molecule has 0 saturated carbocycles. The number of thiocarbonyl (C=S) groups is 1. The summed E-state index contributed by atoms with van der Waals surface area (Å²) in [6, 6.07) is 20.2. The lowest BCUT2D eigenvalue weighted by atomic mass is 10.0. The number of carbonyl (C=O) groups excluding carboxylic acids is 1. The summed E-state index contributed by atoms with van der Waals surface area (Å²) in [5.41, 5.74) is 1.52. The van der Waals surface area contributed by atoms with Crippen LogP contribution in [-0.2, 0) is 21.2 Å². The smallest absolute Gasteiger partial charge is 0.243 e. The number of sulfonamides is 1.